The summed E-state index contributed by atoms with van der Waals surface area (Å²) >= 11 is 0. The van der Waals surface area contributed by atoms with Gasteiger partial charge in [0.15, 0.2) is 0 Å². The molecular weight excluding hydrogens is 386 g/mol. The van der Waals surface area contributed by atoms with Gasteiger partial charge in [-0.15, -0.1) is 0 Å². The number of nitrogens with zero attached hydrogens (tertiary/aromatic N) is 1. The van der Waals surface area contributed by atoms with Gasteiger partial charge in [-0.1, -0.05) is 24.3 Å². The van der Waals surface area contributed by atoms with Crippen molar-refractivity contribution in [2.24, 2.45) is 0 Å². The fraction of sp³-hybridized carbons (Fsp3) is 0.409. The van der Waals surface area contributed by atoms with E-state index in [0.717, 1.165) is 29.8 Å². The Morgan fingerprint density at radius 1 is 1.03 bits per heavy atom. The van der Waals surface area contributed by atoms with Crippen molar-refractivity contribution in [2.75, 3.05) is 24.5 Å². The van der Waals surface area contributed by atoms with Crippen LogP contribution in [0.2, 0.25) is 0 Å². The molecule has 1 heterocycles. The number of carbonyl (C=O) groups excluding carboxylic acids is 1. The number of hydrogen-bond donors (Lipinski definition) is 2. The zero-order valence-corrected chi connectivity index (χ0v) is 17.9. The van der Waals surface area contributed by atoms with Gasteiger partial charge in [0, 0.05) is 38.3 Å². The van der Waals surface area contributed by atoms with Crippen molar-refractivity contribution in [3.63, 3.8) is 0 Å². The molecule has 0 aromatic heterocycles. The Balaban J connectivity index is 1.50. The van der Waals surface area contributed by atoms with Crippen LogP contribution in [0.4, 0.5) is 5.69 Å². The van der Waals surface area contributed by atoms with E-state index in [9.17, 15) is 13.2 Å². The zero-order valence-electron chi connectivity index (χ0n) is 17.1. The second kappa shape index (κ2) is 9.41. The first-order chi connectivity index (χ1) is 13.9. The Bertz CT molecular complexity index is 967. The largest absolute Gasteiger partial charge is 0.371 e. The summed E-state index contributed by atoms with van der Waals surface area (Å²) in [6.45, 7) is 6.41. The first kappa shape index (κ1) is 21.3. The fourth-order valence-corrected chi connectivity index (χ4v) is 4.59. The Kier molecular flexibility index (Phi) is 6.92. The van der Waals surface area contributed by atoms with Crippen LogP contribution in [0.5, 0.6) is 0 Å². The molecule has 6 nitrogen and oxygen atoms in total. The average molecular weight is 416 g/mol. The van der Waals surface area contributed by atoms with Crippen LogP contribution in [-0.4, -0.2) is 34.0 Å². The van der Waals surface area contributed by atoms with E-state index < -0.39 is 10.0 Å². The van der Waals surface area contributed by atoms with Crippen molar-refractivity contribution < 1.29 is 13.2 Å². The molecule has 2 N–H and O–H groups in total. The first-order valence-corrected chi connectivity index (χ1v) is 11.5. The lowest BCUT2D eigenvalue weighted by molar-refractivity contribution is -0.121. The number of benzene rings is 2. The Morgan fingerprint density at radius 2 is 1.76 bits per heavy atom. The van der Waals surface area contributed by atoms with Crippen molar-refractivity contribution in [1.82, 2.24) is 10.0 Å². The molecule has 7 heteroatoms. The van der Waals surface area contributed by atoms with Crippen LogP contribution in [0.15, 0.2) is 47.4 Å². The maximum absolute atomic E-state index is 12.4. The molecule has 0 radical (unpaired) electrons. The van der Waals surface area contributed by atoms with Crippen LogP contribution in [0.25, 0.3) is 0 Å². The molecule has 1 saturated heterocycles. The predicted octanol–water partition coefficient (Wildman–Crippen LogP) is 2.89. The minimum absolute atomic E-state index is 0.0643. The molecule has 0 bridgehead atoms. The monoisotopic (exact) mass is 415 g/mol. The van der Waals surface area contributed by atoms with Crippen LogP contribution >= 0.6 is 0 Å². The molecule has 0 atom stereocenters. The van der Waals surface area contributed by atoms with Gasteiger partial charge in [0.05, 0.1) is 4.90 Å². The minimum atomic E-state index is -3.62. The molecule has 156 valence electrons. The van der Waals surface area contributed by atoms with E-state index >= 15 is 0 Å². The lowest BCUT2D eigenvalue weighted by atomic mass is 10.1. The number of carbonyl (C=O) groups is 1. The van der Waals surface area contributed by atoms with Crippen LogP contribution in [0, 0.1) is 13.8 Å². The molecule has 0 saturated carbocycles. The summed E-state index contributed by atoms with van der Waals surface area (Å²) in [6.07, 6.45) is 2.48. The molecule has 1 fully saturated rings. The number of nitrogens with one attached hydrogen (secondary N) is 2. The third-order valence-corrected chi connectivity index (χ3v) is 6.81. The predicted molar refractivity (Wildman–Crippen MR) is 115 cm³/mol. The van der Waals surface area contributed by atoms with Gasteiger partial charge >= 0.3 is 0 Å². The number of hydrogen-bond acceptors (Lipinski definition) is 4. The van der Waals surface area contributed by atoms with Crippen molar-refractivity contribution in [3.8, 4) is 0 Å². The second-order valence-corrected chi connectivity index (χ2v) is 9.26. The lowest BCUT2D eigenvalue weighted by Crippen LogP contribution is -2.31. The third-order valence-electron chi connectivity index (χ3n) is 5.35. The molecule has 1 amide bonds. The highest BCUT2D eigenvalue weighted by molar-refractivity contribution is 7.89. The molecule has 1 aliphatic rings. The van der Waals surface area contributed by atoms with Crippen LogP contribution in [0.1, 0.15) is 36.0 Å². The smallest absolute Gasteiger partial charge is 0.240 e. The number of sulfonamides is 1. The van der Waals surface area contributed by atoms with Crippen LogP contribution in [-0.2, 0) is 21.4 Å². The summed E-state index contributed by atoms with van der Waals surface area (Å²) in [7, 11) is -3.62. The van der Waals surface area contributed by atoms with E-state index in [4.69, 9.17) is 0 Å². The van der Waals surface area contributed by atoms with E-state index in [1.165, 1.54) is 18.5 Å². The fourth-order valence-electron chi connectivity index (χ4n) is 3.47. The van der Waals surface area contributed by atoms with Gasteiger partial charge in [0.2, 0.25) is 15.9 Å². The van der Waals surface area contributed by atoms with E-state index in [1.54, 1.807) is 18.2 Å². The van der Waals surface area contributed by atoms with E-state index in [-0.39, 0.29) is 23.8 Å². The molecule has 2 aromatic rings. The van der Waals surface area contributed by atoms with Gasteiger partial charge < -0.3 is 10.2 Å². The normalized spacial score (nSPS) is 14.2. The van der Waals surface area contributed by atoms with Crippen molar-refractivity contribution in [3.05, 3.63) is 59.2 Å². The van der Waals surface area contributed by atoms with E-state index in [1.807, 2.05) is 32.0 Å². The molecule has 2 aromatic carbocycles. The summed E-state index contributed by atoms with van der Waals surface area (Å²) in [4.78, 5) is 14.8. The maximum Gasteiger partial charge on any atom is 0.240 e. The second-order valence-electron chi connectivity index (χ2n) is 7.49. The van der Waals surface area contributed by atoms with Gasteiger partial charge in [-0.3, -0.25) is 4.79 Å². The summed E-state index contributed by atoms with van der Waals surface area (Å²) in [6, 6.07) is 13.1. The molecule has 29 heavy (non-hydrogen) atoms. The summed E-state index contributed by atoms with van der Waals surface area (Å²) < 4.78 is 27.3. The molecule has 1 aliphatic heterocycles. The van der Waals surface area contributed by atoms with Gasteiger partial charge in [-0.25, -0.2) is 13.1 Å². The lowest BCUT2D eigenvalue weighted by Gasteiger charge is -2.21. The number of amides is 1. The maximum atomic E-state index is 12.4. The third kappa shape index (κ3) is 5.58. The SMILES string of the molecule is Cc1ccc(S(=O)(=O)NCCC(=O)NCc2ccccc2N2CCCC2)cc1C. The number of para-hydroxylation sites is 1. The van der Waals surface area contributed by atoms with Crippen molar-refractivity contribution in [2.45, 2.75) is 44.6 Å². The highest BCUT2D eigenvalue weighted by Gasteiger charge is 2.17. The van der Waals surface area contributed by atoms with Gasteiger partial charge in [-0.05, 0) is 61.6 Å². The molecule has 0 unspecified atom stereocenters. The number of aryl methyl sites for hydroxylation is 2. The molecule has 0 aliphatic carbocycles. The minimum Gasteiger partial charge on any atom is -0.371 e. The first-order valence-electron chi connectivity index (χ1n) is 10.0. The Hall–Kier alpha value is -2.38. The Morgan fingerprint density at radius 3 is 2.48 bits per heavy atom. The molecule has 0 spiro atoms. The highest BCUT2D eigenvalue weighted by Crippen LogP contribution is 2.24. The molecular formula is C22H29N3O3S. The van der Waals surface area contributed by atoms with Crippen molar-refractivity contribution in [1.29, 1.82) is 0 Å². The highest BCUT2D eigenvalue weighted by atomic mass is 32.2. The quantitative estimate of drug-likeness (QED) is 0.695. The number of anilines is 1. The summed E-state index contributed by atoms with van der Waals surface area (Å²) in [5.41, 5.74) is 4.21. The van der Waals surface area contributed by atoms with Crippen LogP contribution < -0.4 is 14.9 Å². The van der Waals surface area contributed by atoms with Crippen LogP contribution in [0.3, 0.4) is 0 Å². The standard InChI is InChI=1S/C22H29N3O3S/c1-17-9-10-20(15-18(17)2)29(27,28)24-12-11-22(26)23-16-19-7-3-4-8-21(19)25-13-5-6-14-25/h3-4,7-10,15,24H,5-6,11-14,16H2,1-2H3,(H,23,26). The van der Waals surface area contributed by atoms with Gasteiger partial charge in [0.25, 0.3) is 0 Å². The average Bonchev–Trinajstić information content (AvgIpc) is 3.23. The van der Waals surface area contributed by atoms with E-state index in [2.05, 4.69) is 21.0 Å². The van der Waals surface area contributed by atoms with Crippen molar-refractivity contribution >= 4 is 21.6 Å². The summed E-state index contributed by atoms with van der Waals surface area (Å²) in [5.74, 6) is -0.177. The van der Waals surface area contributed by atoms with E-state index in [0.29, 0.717) is 6.54 Å². The number of rotatable bonds is 8. The molecule has 3 rings (SSSR count). The zero-order chi connectivity index (χ0) is 20.9. The Labute approximate surface area is 173 Å². The topological polar surface area (TPSA) is 78.5 Å². The van der Waals surface area contributed by atoms with Gasteiger partial charge in [0.1, 0.15) is 0 Å². The summed E-state index contributed by atoms with van der Waals surface area (Å²) in [5, 5.41) is 2.90. The van der Waals surface area contributed by atoms with Gasteiger partial charge in [-0.2, -0.15) is 0 Å².